The van der Waals surface area contributed by atoms with Crippen molar-refractivity contribution in [2.45, 2.75) is 12.5 Å². The van der Waals surface area contributed by atoms with E-state index in [2.05, 4.69) is 5.32 Å². The lowest BCUT2D eigenvalue weighted by molar-refractivity contribution is -0.123. The Hall–Kier alpha value is -2.08. The number of nitrogens with two attached hydrogens (primary N) is 3. The Labute approximate surface area is 92.8 Å². The van der Waals surface area contributed by atoms with E-state index < -0.39 is 17.9 Å². The van der Waals surface area contributed by atoms with Crippen molar-refractivity contribution in [2.24, 2.45) is 11.5 Å². The number of hydrogen-bond donors (Lipinski definition) is 4. The number of carbonyl (C=O) groups excluding carboxylic acids is 2. The van der Waals surface area contributed by atoms with Gasteiger partial charge in [-0.15, -0.1) is 0 Å². The maximum Gasteiger partial charge on any atom is 0.241 e. The molecule has 6 nitrogen and oxygen atoms in total. The molecular weight excluding hydrogens is 208 g/mol. The summed E-state index contributed by atoms with van der Waals surface area (Å²) in [7, 11) is 0. The SMILES string of the molecule is NC(=O)C[C@H](N)C(=O)Nc1ccc(N)cc1. The average molecular weight is 222 g/mol. The summed E-state index contributed by atoms with van der Waals surface area (Å²) in [6, 6.07) is 5.65. The summed E-state index contributed by atoms with van der Waals surface area (Å²) in [4.78, 5) is 22.0. The Morgan fingerprint density at radius 3 is 2.31 bits per heavy atom. The highest BCUT2D eigenvalue weighted by molar-refractivity contribution is 5.97. The number of carbonyl (C=O) groups is 2. The predicted octanol–water partition coefficient (Wildman–Crippen LogP) is -0.590. The fourth-order valence-corrected chi connectivity index (χ4v) is 1.11. The molecule has 2 amide bonds. The summed E-state index contributed by atoms with van der Waals surface area (Å²) in [5, 5.41) is 2.55. The van der Waals surface area contributed by atoms with E-state index in [9.17, 15) is 9.59 Å². The Morgan fingerprint density at radius 2 is 1.81 bits per heavy atom. The van der Waals surface area contributed by atoms with Gasteiger partial charge in [0.1, 0.15) is 0 Å². The molecule has 1 aromatic carbocycles. The zero-order valence-corrected chi connectivity index (χ0v) is 8.64. The molecule has 16 heavy (non-hydrogen) atoms. The minimum absolute atomic E-state index is 0.180. The van der Waals surface area contributed by atoms with Gasteiger partial charge in [-0.2, -0.15) is 0 Å². The van der Waals surface area contributed by atoms with Crippen LogP contribution in [0.1, 0.15) is 6.42 Å². The summed E-state index contributed by atoms with van der Waals surface area (Å²) in [5.74, 6) is -1.07. The van der Waals surface area contributed by atoms with Crippen molar-refractivity contribution in [3.63, 3.8) is 0 Å². The van der Waals surface area contributed by atoms with Crippen LogP contribution in [0.4, 0.5) is 11.4 Å². The number of rotatable bonds is 4. The van der Waals surface area contributed by atoms with Gasteiger partial charge >= 0.3 is 0 Å². The third-order valence-corrected chi connectivity index (χ3v) is 1.94. The van der Waals surface area contributed by atoms with Crippen LogP contribution in [0, 0.1) is 0 Å². The van der Waals surface area contributed by atoms with E-state index in [-0.39, 0.29) is 6.42 Å². The first-order chi connectivity index (χ1) is 7.49. The number of nitrogen functional groups attached to an aromatic ring is 1. The molecular formula is C10H14N4O2. The van der Waals surface area contributed by atoms with Crippen LogP contribution in [-0.4, -0.2) is 17.9 Å². The molecule has 0 aliphatic carbocycles. The monoisotopic (exact) mass is 222 g/mol. The van der Waals surface area contributed by atoms with Crippen molar-refractivity contribution in [1.29, 1.82) is 0 Å². The molecule has 0 aromatic heterocycles. The van der Waals surface area contributed by atoms with E-state index in [1.807, 2.05) is 0 Å². The number of primary amides is 1. The van der Waals surface area contributed by atoms with Crippen LogP contribution in [0.5, 0.6) is 0 Å². The molecule has 0 unspecified atom stereocenters. The van der Waals surface area contributed by atoms with E-state index in [0.29, 0.717) is 11.4 Å². The molecule has 0 fully saturated rings. The molecule has 0 spiro atoms. The second-order valence-corrected chi connectivity index (χ2v) is 3.39. The standard InChI is InChI=1S/C10H14N4O2/c11-6-1-3-7(4-2-6)14-10(16)8(12)5-9(13)15/h1-4,8H,5,11-12H2,(H2,13,15)(H,14,16)/t8-/m0/s1. The molecule has 0 heterocycles. The summed E-state index contributed by atoms with van der Waals surface area (Å²) >= 11 is 0. The van der Waals surface area contributed by atoms with Crippen molar-refractivity contribution in [3.05, 3.63) is 24.3 Å². The number of nitrogens with one attached hydrogen (secondary N) is 1. The summed E-state index contributed by atoms with van der Waals surface area (Å²) in [5.41, 5.74) is 17.0. The maximum atomic E-state index is 11.5. The Balaban J connectivity index is 2.57. The molecule has 0 radical (unpaired) electrons. The van der Waals surface area contributed by atoms with E-state index >= 15 is 0 Å². The first-order valence-corrected chi connectivity index (χ1v) is 4.69. The van der Waals surface area contributed by atoms with Gasteiger partial charge in [-0.3, -0.25) is 9.59 Å². The van der Waals surface area contributed by atoms with Crippen molar-refractivity contribution >= 4 is 23.2 Å². The third kappa shape index (κ3) is 3.58. The van der Waals surface area contributed by atoms with E-state index in [1.54, 1.807) is 24.3 Å². The van der Waals surface area contributed by atoms with Crippen molar-refractivity contribution < 1.29 is 9.59 Å². The van der Waals surface area contributed by atoms with Gasteiger partial charge < -0.3 is 22.5 Å². The van der Waals surface area contributed by atoms with E-state index in [0.717, 1.165) is 0 Å². The molecule has 1 rings (SSSR count). The summed E-state index contributed by atoms with van der Waals surface area (Å²) in [6.45, 7) is 0. The van der Waals surface area contributed by atoms with Gasteiger partial charge in [-0.25, -0.2) is 0 Å². The predicted molar refractivity (Wildman–Crippen MR) is 61.3 cm³/mol. The maximum absolute atomic E-state index is 11.5. The highest BCUT2D eigenvalue weighted by Crippen LogP contribution is 2.10. The van der Waals surface area contributed by atoms with Crippen LogP contribution in [0.3, 0.4) is 0 Å². The van der Waals surface area contributed by atoms with Gasteiger partial charge in [0.15, 0.2) is 0 Å². The molecule has 0 aliphatic rings. The molecule has 0 aliphatic heterocycles. The lowest BCUT2D eigenvalue weighted by atomic mass is 10.2. The number of hydrogen-bond acceptors (Lipinski definition) is 4. The molecule has 6 heteroatoms. The van der Waals surface area contributed by atoms with Gasteiger partial charge in [0.05, 0.1) is 12.5 Å². The van der Waals surface area contributed by atoms with Gasteiger partial charge in [-0.1, -0.05) is 0 Å². The van der Waals surface area contributed by atoms with Crippen molar-refractivity contribution in [3.8, 4) is 0 Å². The van der Waals surface area contributed by atoms with Crippen LogP contribution in [0.25, 0.3) is 0 Å². The van der Waals surface area contributed by atoms with Gasteiger partial charge in [0.25, 0.3) is 0 Å². The number of anilines is 2. The highest BCUT2D eigenvalue weighted by atomic mass is 16.2. The van der Waals surface area contributed by atoms with Crippen LogP contribution >= 0.6 is 0 Å². The molecule has 7 N–H and O–H groups in total. The molecule has 0 bridgehead atoms. The Morgan fingerprint density at radius 1 is 1.25 bits per heavy atom. The van der Waals surface area contributed by atoms with Crippen molar-refractivity contribution in [2.75, 3.05) is 11.1 Å². The number of amides is 2. The first-order valence-electron chi connectivity index (χ1n) is 4.69. The normalized spacial score (nSPS) is 11.8. The molecule has 86 valence electrons. The zero-order chi connectivity index (χ0) is 12.1. The zero-order valence-electron chi connectivity index (χ0n) is 8.64. The lowest BCUT2D eigenvalue weighted by Gasteiger charge is -2.10. The van der Waals surface area contributed by atoms with Crippen LogP contribution in [0.15, 0.2) is 24.3 Å². The second kappa shape index (κ2) is 5.13. The third-order valence-electron chi connectivity index (χ3n) is 1.94. The fourth-order valence-electron chi connectivity index (χ4n) is 1.11. The topological polar surface area (TPSA) is 124 Å². The fraction of sp³-hybridized carbons (Fsp3) is 0.200. The lowest BCUT2D eigenvalue weighted by Crippen LogP contribution is -2.38. The second-order valence-electron chi connectivity index (χ2n) is 3.39. The minimum atomic E-state index is -0.935. The molecule has 0 saturated carbocycles. The van der Waals surface area contributed by atoms with Crippen LogP contribution < -0.4 is 22.5 Å². The van der Waals surface area contributed by atoms with Gasteiger partial charge in [0, 0.05) is 11.4 Å². The van der Waals surface area contributed by atoms with E-state index in [4.69, 9.17) is 17.2 Å². The largest absolute Gasteiger partial charge is 0.399 e. The average Bonchev–Trinajstić information content (AvgIpc) is 2.20. The quantitative estimate of drug-likeness (QED) is 0.508. The van der Waals surface area contributed by atoms with E-state index in [1.165, 1.54) is 0 Å². The summed E-state index contributed by atoms with van der Waals surface area (Å²) in [6.07, 6.45) is -0.180. The Kier molecular flexibility index (Phi) is 3.84. The van der Waals surface area contributed by atoms with Gasteiger partial charge in [0.2, 0.25) is 11.8 Å². The van der Waals surface area contributed by atoms with Crippen LogP contribution in [-0.2, 0) is 9.59 Å². The summed E-state index contributed by atoms with van der Waals surface area (Å²) < 4.78 is 0. The Bertz CT molecular complexity index is 388. The molecule has 0 saturated heterocycles. The molecule has 1 atom stereocenters. The smallest absolute Gasteiger partial charge is 0.241 e. The highest BCUT2D eigenvalue weighted by Gasteiger charge is 2.15. The van der Waals surface area contributed by atoms with Crippen LogP contribution in [0.2, 0.25) is 0 Å². The van der Waals surface area contributed by atoms with Crippen molar-refractivity contribution in [1.82, 2.24) is 0 Å². The minimum Gasteiger partial charge on any atom is -0.399 e. The van der Waals surface area contributed by atoms with Gasteiger partial charge in [-0.05, 0) is 24.3 Å². The molecule has 1 aromatic rings. The first kappa shape index (κ1) is 12.0. The number of benzene rings is 1.